The fourth-order valence-corrected chi connectivity index (χ4v) is 2.63. The zero-order valence-electron chi connectivity index (χ0n) is 8.78. The maximum atomic E-state index is 12.5. The molecular formula is C9H10FN3O3S. The van der Waals surface area contributed by atoms with Crippen molar-refractivity contribution in [3.63, 3.8) is 0 Å². The molecule has 0 spiro atoms. The fourth-order valence-electron chi connectivity index (χ4n) is 1.84. The van der Waals surface area contributed by atoms with Gasteiger partial charge >= 0.3 is 10.2 Å². The standard InChI is InChI=1S/C9H10FN3O3S/c10-17(15,16)5-7-3-9(14)13(4-7)8-1-2-11-6-12-8/h1-2,6-7H,3-5H2. The Morgan fingerprint density at radius 1 is 1.53 bits per heavy atom. The second kappa shape index (κ2) is 4.36. The molecular weight excluding hydrogens is 249 g/mol. The molecule has 0 aliphatic carbocycles. The van der Waals surface area contributed by atoms with Gasteiger partial charge in [0.1, 0.15) is 12.1 Å². The van der Waals surface area contributed by atoms with Crippen LogP contribution in [0.25, 0.3) is 0 Å². The molecule has 1 fully saturated rings. The number of halogens is 1. The summed E-state index contributed by atoms with van der Waals surface area (Å²) >= 11 is 0. The summed E-state index contributed by atoms with van der Waals surface area (Å²) in [5.41, 5.74) is 0. The molecule has 1 unspecified atom stereocenters. The molecule has 1 aromatic heterocycles. The Balaban J connectivity index is 2.11. The highest BCUT2D eigenvalue weighted by molar-refractivity contribution is 7.86. The van der Waals surface area contributed by atoms with Crippen molar-refractivity contribution in [2.24, 2.45) is 5.92 Å². The first-order chi connectivity index (χ1) is 7.96. The number of nitrogens with zero attached hydrogens (tertiary/aromatic N) is 3. The van der Waals surface area contributed by atoms with Crippen LogP contribution in [0.3, 0.4) is 0 Å². The van der Waals surface area contributed by atoms with Crippen LogP contribution in [0.2, 0.25) is 0 Å². The molecule has 17 heavy (non-hydrogen) atoms. The van der Waals surface area contributed by atoms with E-state index in [1.54, 1.807) is 6.07 Å². The van der Waals surface area contributed by atoms with Crippen LogP contribution in [0.5, 0.6) is 0 Å². The second-order valence-electron chi connectivity index (χ2n) is 3.85. The van der Waals surface area contributed by atoms with Crippen LogP contribution in [-0.2, 0) is 15.0 Å². The first kappa shape index (κ1) is 11.9. The van der Waals surface area contributed by atoms with Crippen molar-refractivity contribution in [2.75, 3.05) is 17.2 Å². The van der Waals surface area contributed by atoms with Gasteiger partial charge in [0.15, 0.2) is 0 Å². The van der Waals surface area contributed by atoms with Crippen LogP contribution in [0.15, 0.2) is 18.6 Å². The van der Waals surface area contributed by atoms with Gasteiger partial charge in [0.25, 0.3) is 0 Å². The molecule has 0 radical (unpaired) electrons. The quantitative estimate of drug-likeness (QED) is 0.721. The number of hydrogen-bond acceptors (Lipinski definition) is 5. The number of rotatable bonds is 3. The van der Waals surface area contributed by atoms with Crippen molar-refractivity contribution in [2.45, 2.75) is 6.42 Å². The number of anilines is 1. The zero-order chi connectivity index (χ0) is 12.5. The SMILES string of the molecule is O=C1CC(CS(=O)(=O)F)CN1c1ccncn1. The van der Waals surface area contributed by atoms with E-state index in [-0.39, 0.29) is 18.9 Å². The third kappa shape index (κ3) is 2.96. The number of hydrogen-bond donors (Lipinski definition) is 0. The Labute approximate surface area is 97.7 Å². The lowest BCUT2D eigenvalue weighted by molar-refractivity contribution is -0.117. The van der Waals surface area contributed by atoms with Gasteiger partial charge in [-0.05, 0) is 6.07 Å². The summed E-state index contributed by atoms with van der Waals surface area (Å²) in [4.78, 5) is 20.6. The van der Waals surface area contributed by atoms with Crippen LogP contribution < -0.4 is 4.90 Å². The maximum Gasteiger partial charge on any atom is 0.302 e. The van der Waals surface area contributed by atoms with E-state index < -0.39 is 21.9 Å². The minimum absolute atomic E-state index is 0.0210. The third-order valence-electron chi connectivity index (χ3n) is 2.48. The summed E-state index contributed by atoms with van der Waals surface area (Å²) in [5.74, 6) is -0.992. The molecule has 1 aliphatic rings. The smallest absolute Gasteiger partial charge is 0.296 e. The summed E-state index contributed by atoms with van der Waals surface area (Å²) < 4.78 is 33.5. The summed E-state index contributed by atoms with van der Waals surface area (Å²) in [6.07, 6.45) is 2.80. The third-order valence-corrected chi connectivity index (χ3v) is 3.35. The molecule has 92 valence electrons. The van der Waals surface area contributed by atoms with Crippen molar-refractivity contribution >= 4 is 21.9 Å². The van der Waals surface area contributed by atoms with E-state index in [1.807, 2.05) is 0 Å². The molecule has 1 aliphatic heterocycles. The summed E-state index contributed by atoms with van der Waals surface area (Å²) in [5, 5.41) is 0. The maximum absolute atomic E-state index is 12.5. The summed E-state index contributed by atoms with van der Waals surface area (Å²) in [6.45, 7) is 0.166. The topological polar surface area (TPSA) is 80.2 Å². The Kier molecular flexibility index (Phi) is 3.05. The van der Waals surface area contributed by atoms with E-state index >= 15 is 0 Å². The molecule has 0 saturated carbocycles. The van der Waals surface area contributed by atoms with E-state index in [0.717, 1.165) is 0 Å². The van der Waals surface area contributed by atoms with Crippen molar-refractivity contribution in [1.29, 1.82) is 0 Å². The first-order valence-corrected chi connectivity index (χ1v) is 6.50. The highest BCUT2D eigenvalue weighted by atomic mass is 32.3. The minimum Gasteiger partial charge on any atom is -0.296 e. The Hall–Kier alpha value is -1.57. The molecule has 1 atom stereocenters. The predicted octanol–water partition coefficient (Wildman–Crippen LogP) is 0.129. The second-order valence-corrected chi connectivity index (χ2v) is 5.26. The van der Waals surface area contributed by atoms with Gasteiger partial charge < -0.3 is 0 Å². The van der Waals surface area contributed by atoms with Crippen LogP contribution >= 0.6 is 0 Å². The van der Waals surface area contributed by atoms with Crippen molar-refractivity contribution in [3.05, 3.63) is 18.6 Å². The van der Waals surface area contributed by atoms with Crippen LogP contribution in [0.4, 0.5) is 9.70 Å². The minimum atomic E-state index is -4.55. The van der Waals surface area contributed by atoms with Gasteiger partial charge in [-0.15, -0.1) is 3.89 Å². The molecule has 0 bridgehead atoms. The zero-order valence-corrected chi connectivity index (χ0v) is 9.60. The van der Waals surface area contributed by atoms with Gasteiger partial charge in [0, 0.05) is 25.1 Å². The molecule has 6 nitrogen and oxygen atoms in total. The monoisotopic (exact) mass is 259 g/mol. The van der Waals surface area contributed by atoms with Crippen LogP contribution in [-0.4, -0.2) is 36.6 Å². The normalized spacial score (nSPS) is 20.9. The Morgan fingerprint density at radius 3 is 2.88 bits per heavy atom. The molecule has 0 aromatic carbocycles. The highest BCUT2D eigenvalue weighted by Crippen LogP contribution is 2.24. The molecule has 2 rings (SSSR count). The molecule has 0 N–H and O–H groups in total. The van der Waals surface area contributed by atoms with Gasteiger partial charge in [-0.3, -0.25) is 9.69 Å². The first-order valence-electron chi connectivity index (χ1n) is 4.94. The van der Waals surface area contributed by atoms with E-state index in [9.17, 15) is 17.1 Å². The van der Waals surface area contributed by atoms with Gasteiger partial charge in [-0.2, -0.15) is 8.42 Å². The fraction of sp³-hybridized carbons (Fsp3) is 0.444. The summed E-state index contributed by atoms with van der Waals surface area (Å²) in [6, 6.07) is 1.55. The van der Waals surface area contributed by atoms with E-state index in [4.69, 9.17) is 0 Å². The van der Waals surface area contributed by atoms with Gasteiger partial charge in [-0.1, -0.05) is 0 Å². The Bertz CT molecular complexity index is 520. The van der Waals surface area contributed by atoms with Crippen molar-refractivity contribution in [1.82, 2.24) is 9.97 Å². The van der Waals surface area contributed by atoms with Gasteiger partial charge in [0.2, 0.25) is 5.91 Å². The van der Waals surface area contributed by atoms with Gasteiger partial charge in [0.05, 0.1) is 5.75 Å². The number of carbonyl (C=O) groups excluding carboxylic acids is 1. The highest BCUT2D eigenvalue weighted by Gasteiger charge is 2.34. The lowest BCUT2D eigenvalue weighted by atomic mass is 10.1. The lowest BCUT2D eigenvalue weighted by Crippen LogP contribution is -2.26. The van der Waals surface area contributed by atoms with E-state index in [0.29, 0.717) is 5.82 Å². The number of aromatic nitrogens is 2. The number of amides is 1. The van der Waals surface area contributed by atoms with Gasteiger partial charge in [-0.25, -0.2) is 9.97 Å². The van der Waals surface area contributed by atoms with E-state index in [2.05, 4.69) is 9.97 Å². The average molecular weight is 259 g/mol. The van der Waals surface area contributed by atoms with Crippen LogP contribution in [0, 0.1) is 5.92 Å². The molecule has 2 heterocycles. The lowest BCUT2D eigenvalue weighted by Gasteiger charge is -2.14. The molecule has 1 aromatic rings. The largest absolute Gasteiger partial charge is 0.302 e. The average Bonchev–Trinajstić information content (AvgIpc) is 2.58. The van der Waals surface area contributed by atoms with Crippen LogP contribution in [0.1, 0.15) is 6.42 Å². The molecule has 1 amide bonds. The Morgan fingerprint density at radius 2 is 2.29 bits per heavy atom. The summed E-state index contributed by atoms with van der Waals surface area (Å²) in [7, 11) is -4.55. The molecule has 1 saturated heterocycles. The molecule has 8 heteroatoms. The van der Waals surface area contributed by atoms with E-state index in [1.165, 1.54) is 17.4 Å². The number of carbonyl (C=O) groups is 1. The predicted molar refractivity (Wildman–Crippen MR) is 57.4 cm³/mol. The van der Waals surface area contributed by atoms with Crippen molar-refractivity contribution in [3.8, 4) is 0 Å². The van der Waals surface area contributed by atoms with Crippen molar-refractivity contribution < 1.29 is 17.1 Å².